The maximum atomic E-state index is 12.8. The fourth-order valence-electron chi connectivity index (χ4n) is 2.43. The highest BCUT2D eigenvalue weighted by Gasteiger charge is 2.31. The van der Waals surface area contributed by atoms with E-state index in [4.69, 9.17) is 0 Å². The van der Waals surface area contributed by atoms with Gasteiger partial charge in [-0.2, -0.15) is 13.2 Å². The lowest BCUT2D eigenvalue weighted by Gasteiger charge is -2.29. The summed E-state index contributed by atoms with van der Waals surface area (Å²) in [4.78, 5) is 6.37. The van der Waals surface area contributed by atoms with Crippen LogP contribution in [0, 0.1) is 0 Å². The molecule has 0 amide bonds. The lowest BCUT2D eigenvalue weighted by molar-refractivity contribution is -0.137. The van der Waals surface area contributed by atoms with Gasteiger partial charge in [0.05, 0.1) is 23.0 Å². The minimum atomic E-state index is -4.37. The summed E-state index contributed by atoms with van der Waals surface area (Å²) >= 11 is 3.23. The number of fused-ring (bicyclic) bond motifs is 1. The summed E-state index contributed by atoms with van der Waals surface area (Å²) in [5.74, 6) is 0. The van der Waals surface area contributed by atoms with Crippen molar-refractivity contribution in [1.29, 1.82) is 0 Å². The van der Waals surface area contributed by atoms with Gasteiger partial charge >= 0.3 is 6.18 Å². The van der Waals surface area contributed by atoms with Gasteiger partial charge in [0.25, 0.3) is 0 Å². The van der Waals surface area contributed by atoms with Crippen LogP contribution in [0.15, 0.2) is 28.9 Å². The number of halogens is 4. The van der Waals surface area contributed by atoms with Gasteiger partial charge in [-0.25, -0.2) is 0 Å². The van der Waals surface area contributed by atoms with Gasteiger partial charge in [0.1, 0.15) is 0 Å². The molecule has 2 heterocycles. The Hall–Kier alpha value is -1.34. The Labute approximate surface area is 128 Å². The van der Waals surface area contributed by atoms with Crippen molar-refractivity contribution < 1.29 is 13.2 Å². The van der Waals surface area contributed by atoms with E-state index >= 15 is 0 Å². The van der Waals surface area contributed by atoms with E-state index in [1.54, 1.807) is 6.20 Å². The first-order chi connectivity index (χ1) is 9.95. The van der Waals surface area contributed by atoms with Crippen molar-refractivity contribution in [1.82, 2.24) is 10.3 Å². The van der Waals surface area contributed by atoms with Gasteiger partial charge in [-0.15, -0.1) is 0 Å². The maximum absolute atomic E-state index is 12.8. The maximum Gasteiger partial charge on any atom is 0.416 e. The zero-order chi connectivity index (χ0) is 15.0. The smallest absolute Gasteiger partial charge is 0.368 e. The van der Waals surface area contributed by atoms with Crippen LogP contribution in [0.3, 0.4) is 0 Å². The van der Waals surface area contributed by atoms with E-state index in [-0.39, 0.29) is 0 Å². The summed E-state index contributed by atoms with van der Waals surface area (Å²) in [7, 11) is 0. The molecule has 1 aliphatic heterocycles. The zero-order valence-corrected chi connectivity index (χ0v) is 12.6. The minimum Gasteiger partial charge on any atom is -0.368 e. The summed E-state index contributed by atoms with van der Waals surface area (Å²) < 4.78 is 38.8. The van der Waals surface area contributed by atoms with Gasteiger partial charge in [-0.3, -0.25) is 4.98 Å². The number of hydrogen-bond acceptors (Lipinski definition) is 3. The molecule has 3 rings (SSSR count). The van der Waals surface area contributed by atoms with Crippen LogP contribution in [-0.2, 0) is 6.18 Å². The number of nitrogens with zero attached hydrogens (tertiary/aromatic N) is 2. The second-order valence-corrected chi connectivity index (χ2v) is 5.81. The van der Waals surface area contributed by atoms with Gasteiger partial charge in [0.15, 0.2) is 0 Å². The molecule has 21 heavy (non-hydrogen) atoms. The summed E-state index contributed by atoms with van der Waals surface area (Å²) in [6.07, 6.45) is -2.73. The third-order valence-electron chi connectivity index (χ3n) is 3.55. The highest BCUT2D eigenvalue weighted by molar-refractivity contribution is 9.10. The molecule has 1 aliphatic rings. The molecule has 2 aromatic rings. The molecule has 0 radical (unpaired) electrons. The first kappa shape index (κ1) is 14.6. The van der Waals surface area contributed by atoms with Crippen molar-refractivity contribution in [2.45, 2.75) is 6.18 Å². The molecule has 1 aromatic carbocycles. The van der Waals surface area contributed by atoms with Gasteiger partial charge < -0.3 is 10.2 Å². The Kier molecular flexibility index (Phi) is 3.79. The molecule has 0 bridgehead atoms. The lowest BCUT2D eigenvalue weighted by atomic mass is 10.1. The molecule has 0 saturated carbocycles. The van der Waals surface area contributed by atoms with Crippen LogP contribution in [0.1, 0.15) is 5.56 Å². The number of anilines is 1. The fraction of sp³-hybridized carbons (Fsp3) is 0.357. The van der Waals surface area contributed by atoms with Crippen LogP contribution in [0.4, 0.5) is 18.9 Å². The topological polar surface area (TPSA) is 28.2 Å². The van der Waals surface area contributed by atoms with E-state index in [2.05, 4.69) is 31.1 Å². The summed E-state index contributed by atoms with van der Waals surface area (Å²) in [6, 6.07) is 4.07. The number of rotatable bonds is 1. The van der Waals surface area contributed by atoms with Crippen molar-refractivity contribution in [2.75, 3.05) is 31.1 Å². The minimum absolute atomic E-state index is 0.343. The highest BCUT2D eigenvalue weighted by atomic mass is 79.9. The van der Waals surface area contributed by atoms with Crippen molar-refractivity contribution in [2.24, 2.45) is 0 Å². The van der Waals surface area contributed by atoms with E-state index < -0.39 is 11.7 Å². The number of pyridine rings is 1. The monoisotopic (exact) mass is 359 g/mol. The Morgan fingerprint density at radius 1 is 1.14 bits per heavy atom. The van der Waals surface area contributed by atoms with Crippen LogP contribution in [0.2, 0.25) is 0 Å². The summed E-state index contributed by atoms with van der Waals surface area (Å²) in [5.41, 5.74) is 0.587. The molecular weight excluding hydrogens is 347 g/mol. The Balaban J connectivity index is 2.04. The molecule has 0 unspecified atom stereocenters. The Morgan fingerprint density at radius 2 is 1.86 bits per heavy atom. The van der Waals surface area contributed by atoms with Crippen molar-refractivity contribution in [3.63, 3.8) is 0 Å². The quantitative estimate of drug-likeness (QED) is 0.845. The van der Waals surface area contributed by atoms with E-state index in [1.165, 1.54) is 0 Å². The van der Waals surface area contributed by atoms with Crippen LogP contribution >= 0.6 is 15.9 Å². The van der Waals surface area contributed by atoms with E-state index in [0.29, 0.717) is 15.4 Å². The van der Waals surface area contributed by atoms with Crippen LogP contribution in [0.25, 0.3) is 10.9 Å². The number of aromatic nitrogens is 1. The molecule has 0 spiro atoms. The highest BCUT2D eigenvalue weighted by Crippen LogP contribution is 2.35. The summed E-state index contributed by atoms with van der Waals surface area (Å²) in [5, 5.41) is 3.95. The molecule has 1 aromatic heterocycles. The largest absolute Gasteiger partial charge is 0.416 e. The van der Waals surface area contributed by atoms with Crippen molar-refractivity contribution in [3.05, 3.63) is 34.4 Å². The SMILES string of the molecule is FC(F)(F)c1cc(Br)c2cc(N3CCNCC3)cnc2c1. The molecule has 7 heteroatoms. The molecule has 1 saturated heterocycles. The van der Waals surface area contributed by atoms with Crippen LogP contribution in [-0.4, -0.2) is 31.2 Å². The van der Waals surface area contributed by atoms with Crippen molar-refractivity contribution in [3.8, 4) is 0 Å². The molecular formula is C14H13BrF3N3. The zero-order valence-electron chi connectivity index (χ0n) is 11.0. The summed E-state index contributed by atoms with van der Waals surface area (Å²) in [6.45, 7) is 3.52. The second-order valence-electron chi connectivity index (χ2n) is 4.95. The van der Waals surface area contributed by atoms with Crippen LogP contribution in [0.5, 0.6) is 0 Å². The van der Waals surface area contributed by atoms with Crippen LogP contribution < -0.4 is 10.2 Å². The second kappa shape index (κ2) is 5.46. The predicted octanol–water partition coefficient (Wildman–Crippen LogP) is 3.43. The first-order valence-corrected chi connectivity index (χ1v) is 7.36. The van der Waals surface area contributed by atoms with Gasteiger partial charge in [-0.05, 0) is 18.2 Å². The van der Waals surface area contributed by atoms with Gasteiger partial charge in [-0.1, -0.05) is 15.9 Å². The number of hydrogen-bond donors (Lipinski definition) is 1. The van der Waals surface area contributed by atoms with E-state index in [1.807, 2.05) is 6.07 Å². The molecule has 0 atom stereocenters. The molecule has 3 nitrogen and oxygen atoms in total. The molecule has 0 aliphatic carbocycles. The van der Waals surface area contributed by atoms with Gasteiger partial charge in [0, 0.05) is 36.0 Å². The number of benzene rings is 1. The van der Waals surface area contributed by atoms with E-state index in [9.17, 15) is 13.2 Å². The number of alkyl halides is 3. The average molecular weight is 360 g/mol. The number of piperazine rings is 1. The van der Waals surface area contributed by atoms with Gasteiger partial charge in [0.2, 0.25) is 0 Å². The first-order valence-electron chi connectivity index (χ1n) is 6.57. The Bertz CT molecular complexity index is 666. The normalized spacial score (nSPS) is 16.5. The molecule has 1 fully saturated rings. The lowest BCUT2D eigenvalue weighted by Crippen LogP contribution is -2.43. The van der Waals surface area contributed by atoms with Crippen molar-refractivity contribution >= 4 is 32.5 Å². The predicted molar refractivity (Wildman–Crippen MR) is 79.5 cm³/mol. The standard InChI is InChI=1S/C14H13BrF3N3/c15-12-5-9(14(16,17)18)6-13-11(12)7-10(8-20-13)21-3-1-19-2-4-21/h5-8,19H,1-4H2. The van der Waals surface area contributed by atoms with E-state index in [0.717, 1.165) is 44.0 Å². The Morgan fingerprint density at radius 3 is 2.52 bits per heavy atom. The third kappa shape index (κ3) is 2.98. The molecule has 1 N–H and O–H groups in total. The average Bonchev–Trinajstić information content (AvgIpc) is 2.47. The molecule has 112 valence electrons. The number of nitrogens with one attached hydrogen (secondary N) is 1. The fourth-order valence-corrected chi connectivity index (χ4v) is 3.00. The third-order valence-corrected chi connectivity index (χ3v) is 4.20.